The van der Waals surface area contributed by atoms with E-state index in [0.29, 0.717) is 17.5 Å². The van der Waals surface area contributed by atoms with Crippen LogP contribution in [-0.4, -0.2) is 46.7 Å². The fourth-order valence-electron chi connectivity index (χ4n) is 4.50. The first-order valence-corrected chi connectivity index (χ1v) is 10.4. The molecular weight excluding hydrogens is 364 g/mol. The number of hydrogen-bond acceptors (Lipinski definition) is 3. The van der Waals surface area contributed by atoms with Crippen molar-refractivity contribution in [2.75, 3.05) is 7.05 Å². The van der Waals surface area contributed by atoms with Crippen molar-refractivity contribution in [1.29, 1.82) is 0 Å². The lowest BCUT2D eigenvalue weighted by Crippen LogP contribution is -2.53. The van der Waals surface area contributed by atoms with Gasteiger partial charge in [-0.25, -0.2) is 0 Å². The molecule has 2 aromatic carbocycles. The Morgan fingerprint density at radius 1 is 0.931 bits per heavy atom. The molecular formula is C24H26N2O3. The van der Waals surface area contributed by atoms with Crippen LogP contribution in [0.3, 0.4) is 0 Å². The Morgan fingerprint density at radius 2 is 1.48 bits per heavy atom. The van der Waals surface area contributed by atoms with Crippen LogP contribution >= 0.6 is 0 Å². The number of likely N-dealkylation sites (N-methyl/N-ethyl adjacent to an activating group) is 1. The summed E-state index contributed by atoms with van der Waals surface area (Å²) in [4.78, 5) is 42.7. The highest BCUT2D eigenvalue weighted by atomic mass is 16.2. The van der Waals surface area contributed by atoms with E-state index in [4.69, 9.17) is 0 Å². The first-order chi connectivity index (χ1) is 14.1. The van der Waals surface area contributed by atoms with Crippen molar-refractivity contribution in [2.45, 2.75) is 50.6 Å². The minimum Gasteiger partial charge on any atom is -0.341 e. The molecule has 1 saturated carbocycles. The highest BCUT2D eigenvalue weighted by Gasteiger charge is 2.44. The van der Waals surface area contributed by atoms with Crippen LogP contribution in [0, 0.1) is 0 Å². The molecule has 0 spiro atoms. The molecule has 5 nitrogen and oxygen atoms in total. The van der Waals surface area contributed by atoms with Gasteiger partial charge in [-0.3, -0.25) is 19.3 Å². The first-order valence-electron chi connectivity index (χ1n) is 10.4. The maximum Gasteiger partial charge on any atom is 0.262 e. The van der Waals surface area contributed by atoms with Crippen molar-refractivity contribution < 1.29 is 14.4 Å². The van der Waals surface area contributed by atoms with Gasteiger partial charge >= 0.3 is 0 Å². The Hall–Kier alpha value is -2.95. The molecule has 2 aromatic rings. The largest absolute Gasteiger partial charge is 0.341 e. The van der Waals surface area contributed by atoms with Gasteiger partial charge in [0, 0.05) is 19.5 Å². The second kappa shape index (κ2) is 8.19. The van der Waals surface area contributed by atoms with Crippen LogP contribution in [0.1, 0.15) is 58.4 Å². The third kappa shape index (κ3) is 3.69. The van der Waals surface area contributed by atoms with Gasteiger partial charge in [0.1, 0.15) is 6.04 Å². The third-order valence-corrected chi connectivity index (χ3v) is 6.16. The van der Waals surface area contributed by atoms with E-state index in [1.54, 1.807) is 29.2 Å². The molecule has 150 valence electrons. The Morgan fingerprint density at radius 3 is 2.07 bits per heavy atom. The van der Waals surface area contributed by atoms with Crippen LogP contribution in [0.4, 0.5) is 0 Å². The Kier molecular flexibility index (Phi) is 5.47. The number of hydrogen-bond donors (Lipinski definition) is 0. The maximum atomic E-state index is 13.6. The summed E-state index contributed by atoms with van der Waals surface area (Å²) in [6.45, 7) is 0. The lowest BCUT2D eigenvalue weighted by Gasteiger charge is -2.36. The number of carbonyl (C=O) groups is 3. The zero-order valence-electron chi connectivity index (χ0n) is 16.7. The topological polar surface area (TPSA) is 57.7 Å². The van der Waals surface area contributed by atoms with Gasteiger partial charge in [-0.2, -0.15) is 0 Å². The zero-order valence-corrected chi connectivity index (χ0v) is 16.7. The van der Waals surface area contributed by atoms with Crippen molar-refractivity contribution in [3.8, 4) is 0 Å². The van der Waals surface area contributed by atoms with Crippen molar-refractivity contribution in [2.24, 2.45) is 0 Å². The molecule has 4 rings (SSSR count). The van der Waals surface area contributed by atoms with Gasteiger partial charge in [-0.05, 0) is 30.5 Å². The summed E-state index contributed by atoms with van der Waals surface area (Å²) in [5, 5.41) is 0. The number of fused-ring (bicyclic) bond motifs is 1. The summed E-state index contributed by atoms with van der Waals surface area (Å²) in [5.74, 6) is -0.913. The Bertz CT molecular complexity index is 884. The van der Waals surface area contributed by atoms with E-state index in [2.05, 4.69) is 0 Å². The Labute approximate surface area is 171 Å². The van der Waals surface area contributed by atoms with Crippen molar-refractivity contribution in [3.63, 3.8) is 0 Å². The van der Waals surface area contributed by atoms with Crippen LogP contribution in [0.2, 0.25) is 0 Å². The van der Waals surface area contributed by atoms with E-state index in [-0.39, 0.29) is 23.8 Å². The summed E-state index contributed by atoms with van der Waals surface area (Å²) in [7, 11) is 1.81. The number of benzene rings is 2. The standard InChI is InChI=1S/C24H26N2O3/c1-25(18-12-6-3-7-13-18)24(29)21(16-17-10-4-2-5-11-17)26-22(27)19-14-8-9-15-20(19)23(26)28/h2,4-5,8-11,14-15,18,21H,3,6-7,12-13,16H2,1H3. The van der Waals surface area contributed by atoms with E-state index in [1.165, 1.54) is 11.3 Å². The quantitative estimate of drug-likeness (QED) is 0.732. The van der Waals surface area contributed by atoms with E-state index in [1.807, 2.05) is 37.4 Å². The number of rotatable bonds is 5. The van der Waals surface area contributed by atoms with Crippen molar-refractivity contribution in [1.82, 2.24) is 9.80 Å². The SMILES string of the molecule is CN(C(=O)C(Cc1ccccc1)N1C(=O)c2ccccc2C1=O)C1CCCCC1. The molecule has 0 bridgehead atoms. The van der Waals surface area contributed by atoms with Gasteiger partial charge in [0.2, 0.25) is 5.91 Å². The van der Waals surface area contributed by atoms with Crippen LogP contribution in [0.15, 0.2) is 54.6 Å². The summed E-state index contributed by atoms with van der Waals surface area (Å²) in [6.07, 6.45) is 5.69. The van der Waals surface area contributed by atoms with Gasteiger partial charge in [0.05, 0.1) is 11.1 Å². The molecule has 2 aliphatic rings. The monoisotopic (exact) mass is 390 g/mol. The summed E-state index contributed by atoms with van der Waals surface area (Å²) < 4.78 is 0. The summed E-state index contributed by atoms with van der Waals surface area (Å²) in [6, 6.07) is 15.7. The predicted octanol–water partition coefficient (Wildman–Crippen LogP) is 3.69. The molecule has 1 heterocycles. The van der Waals surface area contributed by atoms with Crippen LogP contribution < -0.4 is 0 Å². The number of nitrogens with zero attached hydrogens (tertiary/aromatic N) is 2. The predicted molar refractivity (Wildman–Crippen MR) is 111 cm³/mol. The molecule has 1 fully saturated rings. The molecule has 1 aliphatic carbocycles. The molecule has 1 aliphatic heterocycles. The highest BCUT2D eigenvalue weighted by molar-refractivity contribution is 6.22. The van der Waals surface area contributed by atoms with E-state index in [0.717, 1.165) is 31.2 Å². The summed E-state index contributed by atoms with van der Waals surface area (Å²) >= 11 is 0. The van der Waals surface area contributed by atoms with Gasteiger partial charge in [-0.15, -0.1) is 0 Å². The number of amides is 3. The van der Waals surface area contributed by atoms with Crippen LogP contribution in [0.25, 0.3) is 0 Å². The average Bonchev–Trinajstić information content (AvgIpc) is 3.03. The van der Waals surface area contributed by atoms with Gasteiger partial charge in [0.25, 0.3) is 11.8 Å². The second-order valence-corrected chi connectivity index (χ2v) is 7.97. The number of imide groups is 1. The zero-order chi connectivity index (χ0) is 20.4. The highest BCUT2D eigenvalue weighted by Crippen LogP contribution is 2.28. The van der Waals surface area contributed by atoms with Gasteiger partial charge in [-0.1, -0.05) is 61.7 Å². The molecule has 1 atom stereocenters. The molecule has 0 N–H and O–H groups in total. The normalized spacial score (nSPS) is 17.9. The molecule has 1 unspecified atom stereocenters. The molecule has 0 saturated heterocycles. The molecule has 3 amide bonds. The van der Waals surface area contributed by atoms with Crippen LogP contribution in [0.5, 0.6) is 0 Å². The molecule has 29 heavy (non-hydrogen) atoms. The van der Waals surface area contributed by atoms with Crippen LogP contribution in [-0.2, 0) is 11.2 Å². The fraction of sp³-hybridized carbons (Fsp3) is 0.375. The summed E-state index contributed by atoms with van der Waals surface area (Å²) in [5.41, 5.74) is 1.69. The van der Waals surface area contributed by atoms with Crippen molar-refractivity contribution >= 4 is 17.7 Å². The molecule has 0 aromatic heterocycles. The Balaban J connectivity index is 1.66. The fourth-order valence-corrected chi connectivity index (χ4v) is 4.50. The van der Waals surface area contributed by atoms with E-state index in [9.17, 15) is 14.4 Å². The van der Waals surface area contributed by atoms with Gasteiger partial charge < -0.3 is 4.90 Å². The minimum absolute atomic E-state index is 0.157. The molecule has 5 heteroatoms. The number of carbonyl (C=O) groups excluding carboxylic acids is 3. The lowest BCUT2D eigenvalue weighted by atomic mass is 9.93. The molecule has 0 radical (unpaired) electrons. The lowest BCUT2D eigenvalue weighted by molar-refractivity contribution is -0.136. The minimum atomic E-state index is -0.836. The average molecular weight is 390 g/mol. The van der Waals surface area contributed by atoms with E-state index >= 15 is 0 Å². The smallest absolute Gasteiger partial charge is 0.262 e. The van der Waals surface area contributed by atoms with Crippen molar-refractivity contribution in [3.05, 3.63) is 71.3 Å². The van der Waals surface area contributed by atoms with Gasteiger partial charge in [0.15, 0.2) is 0 Å². The maximum absolute atomic E-state index is 13.6. The second-order valence-electron chi connectivity index (χ2n) is 7.97. The third-order valence-electron chi connectivity index (χ3n) is 6.16. The van der Waals surface area contributed by atoms with E-state index < -0.39 is 6.04 Å². The first kappa shape index (κ1) is 19.4.